The fraction of sp³-hybridized carbons (Fsp3) is 0.167. The van der Waals surface area contributed by atoms with Gasteiger partial charge in [0.25, 0.3) is 0 Å². The van der Waals surface area contributed by atoms with Crippen LogP contribution < -0.4 is 0 Å². The number of hydrogen-bond acceptors (Lipinski definition) is 0. The monoisotopic (exact) mass is 510 g/mol. The molecule has 0 N–H and O–H groups in total. The molecule has 0 aliphatic heterocycles. The molecule has 3 aromatic rings. The molecule has 0 amide bonds. The lowest BCUT2D eigenvalue weighted by atomic mass is 9.64. The van der Waals surface area contributed by atoms with Gasteiger partial charge in [0.2, 0.25) is 0 Å². The molecule has 0 fully saturated rings. The molecule has 40 heavy (non-hydrogen) atoms. The van der Waals surface area contributed by atoms with E-state index in [2.05, 4.69) is 112 Å². The van der Waals surface area contributed by atoms with Gasteiger partial charge in [0.15, 0.2) is 0 Å². The molecule has 0 aliphatic rings. The maximum atomic E-state index is 6.53. The summed E-state index contributed by atoms with van der Waals surface area (Å²) in [6.45, 7) is 9.99. The van der Waals surface area contributed by atoms with E-state index < -0.39 is 0 Å². The van der Waals surface area contributed by atoms with Crippen molar-refractivity contribution in [2.45, 2.75) is 40.0 Å². The number of hydrogen-bond donors (Lipinski definition) is 0. The van der Waals surface area contributed by atoms with Gasteiger partial charge in [-0.1, -0.05) is 123 Å². The maximum Gasteiger partial charge on any atom is 0.113 e. The van der Waals surface area contributed by atoms with Gasteiger partial charge in [0, 0.05) is 0 Å². The molecular weight excluding hydrogens is 476 g/mol. The van der Waals surface area contributed by atoms with Crippen LogP contribution in [0.4, 0.5) is 0 Å². The Labute approximate surface area is 246 Å². The van der Waals surface area contributed by atoms with Gasteiger partial charge in [0.1, 0.15) is 31.4 Å². The van der Waals surface area contributed by atoms with Crippen LogP contribution >= 0.6 is 0 Å². The zero-order valence-electron chi connectivity index (χ0n) is 24.0. The predicted octanol–water partition coefficient (Wildman–Crippen LogP) is 8.94. The van der Waals surface area contributed by atoms with Crippen LogP contribution in [-0.2, 0) is 0 Å². The van der Waals surface area contributed by atoms with Crippen molar-refractivity contribution in [2.75, 3.05) is 0 Å². The normalized spacial score (nSPS) is 14.2. The third-order valence-corrected chi connectivity index (χ3v) is 6.88. The van der Waals surface area contributed by atoms with Crippen LogP contribution in [0.3, 0.4) is 0 Å². The summed E-state index contributed by atoms with van der Waals surface area (Å²) in [7, 11) is 24.7. The number of allylic oxidation sites excluding steroid dienone is 14. The number of benzene rings is 3. The van der Waals surface area contributed by atoms with E-state index in [-0.39, 0.29) is 16.4 Å². The Morgan fingerprint density at radius 3 is 1.88 bits per heavy atom. The van der Waals surface area contributed by atoms with Gasteiger partial charge in [-0.25, -0.2) is 0 Å². The first-order chi connectivity index (χ1) is 19.3. The van der Waals surface area contributed by atoms with E-state index in [1.54, 1.807) is 0 Å². The van der Waals surface area contributed by atoms with Crippen molar-refractivity contribution in [3.63, 3.8) is 0 Å². The molecule has 0 saturated heterocycles. The summed E-state index contributed by atoms with van der Waals surface area (Å²) >= 11 is 0. The minimum absolute atomic E-state index is 0.194. The Balaban J connectivity index is 2.02. The lowest BCUT2D eigenvalue weighted by Crippen LogP contribution is -2.02. The van der Waals surface area contributed by atoms with Crippen molar-refractivity contribution < 1.29 is 0 Å². The lowest BCUT2D eigenvalue weighted by Gasteiger charge is -2.20. The third kappa shape index (κ3) is 7.51. The summed E-state index contributed by atoms with van der Waals surface area (Å²) in [5.74, 6) is 0. The van der Waals surface area contributed by atoms with E-state index in [9.17, 15) is 0 Å². The van der Waals surface area contributed by atoms with Crippen molar-refractivity contribution in [1.82, 2.24) is 0 Å². The van der Waals surface area contributed by atoms with Crippen LogP contribution in [0.15, 0.2) is 131 Å². The number of fused-ring (bicyclic) bond motifs is 2. The smallest absolute Gasteiger partial charge is 0.112 e. The molecule has 0 aromatic heterocycles. The molecule has 0 aliphatic carbocycles. The average molecular weight is 510 g/mol. The zero-order chi connectivity index (χ0) is 29.1. The van der Waals surface area contributed by atoms with Gasteiger partial charge in [0.05, 0.1) is 0 Å². The van der Waals surface area contributed by atoms with Gasteiger partial charge >= 0.3 is 0 Å². The van der Waals surface area contributed by atoms with Crippen molar-refractivity contribution in [2.24, 2.45) is 0 Å². The molecule has 0 saturated carbocycles. The maximum absolute atomic E-state index is 6.53. The van der Waals surface area contributed by atoms with Crippen LogP contribution in [-0.4, -0.2) is 31.4 Å². The van der Waals surface area contributed by atoms with Crippen molar-refractivity contribution in [3.8, 4) is 0 Å². The van der Waals surface area contributed by atoms with Crippen LogP contribution in [0.2, 0.25) is 0 Å². The Bertz CT molecular complexity index is 1530. The fourth-order valence-electron chi connectivity index (χ4n) is 4.63. The highest BCUT2D eigenvalue weighted by atomic mass is 14.2. The minimum Gasteiger partial charge on any atom is -0.112 e. The van der Waals surface area contributed by atoms with Gasteiger partial charge in [-0.3, -0.25) is 0 Å². The summed E-state index contributed by atoms with van der Waals surface area (Å²) in [6, 6.07) is 16.7. The molecular formula is C36H34B4. The van der Waals surface area contributed by atoms with Crippen LogP contribution in [0.25, 0.3) is 33.2 Å². The van der Waals surface area contributed by atoms with Crippen LogP contribution in [0, 0.1) is 0 Å². The predicted molar refractivity (Wildman–Crippen MR) is 183 cm³/mol. The summed E-state index contributed by atoms with van der Waals surface area (Å²) in [5.41, 5.74) is 5.38. The molecule has 0 bridgehead atoms. The highest BCUT2D eigenvalue weighted by molar-refractivity contribution is 6.46. The second-order valence-corrected chi connectivity index (χ2v) is 9.63. The van der Waals surface area contributed by atoms with Gasteiger partial charge in [-0.05, 0) is 64.4 Å². The molecule has 8 radical (unpaired) electrons. The molecule has 0 nitrogen and oxygen atoms in total. The van der Waals surface area contributed by atoms with Crippen molar-refractivity contribution in [3.05, 3.63) is 142 Å². The Hall–Kier alpha value is -3.64. The summed E-state index contributed by atoms with van der Waals surface area (Å²) in [6.07, 6.45) is 22.3. The lowest BCUT2D eigenvalue weighted by molar-refractivity contribution is 1.13. The Kier molecular flexibility index (Phi) is 11.8. The third-order valence-electron chi connectivity index (χ3n) is 6.88. The molecule has 0 heterocycles. The zero-order valence-corrected chi connectivity index (χ0v) is 24.0. The average Bonchev–Trinajstić information content (AvgIpc) is 2.97. The van der Waals surface area contributed by atoms with Gasteiger partial charge < -0.3 is 0 Å². The summed E-state index contributed by atoms with van der Waals surface area (Å²) in [5, 5.41) is 4.46. The van der Waals surface area contributed by atoms with E-state index >= 15 is 0 Å². The molecule has 3 rings (SSSR count). The van der Waals surface area contributed by atoms with E-state index in [0.717, 1.165) is 51.9 Å². The first-order valence-corrected chi connectivity index (χ1v) is 13.8. The van der Waals surface area contributed by atoms with Gasteiger partial charge in [-0.2, -0.15) is 0 Å². The van der Waals surface area contributed by atoms with Crippen LogP contribution in [0.5, 0.6) is 0 Å². The number of rotatable bonds is 11. The molecule has 190 valence electrons. The second kappa shape index (κ2) is 15.2. The molecule has 0 unspecified atom stereocenters. The fourth-order valence-corrected chi connectivity index (χ4v) is 4.63. The Morgan fingerprint density at radius 2 is 1.32 bits per heavy atom. The van der Waals surface area contributed by atoms with Crippen molar-refractivity contribution >= 4 is 64.6 Å². The summed E-state index contributed by atoms with van der Waals surface area (Å²) < 4.78 is 0. The largest absolute Gasteiger partial charge is 0.113 e. The van der Waals surface area contributed by atoms with E-state index in [0.29, 0.717) is 5.47 Å². The SMILES string of the molecule is [B]C(=C)/C([B])=C([B])\C([B])=C(/C)c1c2ccccc2c(/C=C/C\C=C/C=C/C=C(/C=C\CC)CC)c2ccccc12. The highest BCUT2D eigenvalue weighted by Crippen LogP contribution is 2.38. The standard InChI is InChI=1S/C36H34B4/c1-5-7-18-27(6-2)19-12-10-8-9-11-13-20-28-29-21-14-16-23-31(29)33(32-24-17-15-22-30(28)32)25(3)34(38)36(40)35(39)26(4)37/h7-10,12-24H,4-6,11H2,1-3H3/b9-8-,12-10+,18-7-,20-13+,27-19+,34-25-,36-35-. The highest BCUT2D eigenvalue weighted by Gasteiger charge is 2.15. The minimum atomic E-state index is 0.194. The Morgan fingerprint density at radius 1 is 0.725 bits per heavy atom. The molecule has 0 spiro atoms. The molecule has 4 heteroatoms. The topological polar surface area (TPSA) is 0 Å². The van der Waals surface area contributed by atoms with Crippen molar-refractivity contribution in [1.29, 1.82) is 0 Å². The summed E-state index contributed by atoms with van der Waals surface area (Å²) in [4.78, 5) is 0. The first-order valence-electron chi connectivity index (χ1n) is 13.8. The first kappa shape index (κ1) is 30.9. The van der Waals surface area contributed by atoms with Crippen LogP contribution in [0.1, 0.15) is 51.2 Å². The second-order valence-electron chi connectivity index (χ2n) is 9.63. The van der Waals surface area contributed by atoms with E-state index in [1.165, 1.54) is 11.1 Å². The van der Waals surface area contributed by atoms with Gasteiger partial charge in [-0.15, -0.1) is 28.5 Å². The van der Waals surface area contributed by atoms with E-state index in [1.807, 2.05) is 19.1 Å². The molecule has 0 atom stereocenters. The quantitative estimate of drug-likeness (QED) is 0.137. The van der Waals surface area contributed by atoms with E-state index in [4.69, 9.17) is 31.4 Å². The molecule has 3 aromatic carbocycles.